The minimum atomic E-state index is -0.416. The number of benzene rings is 2. The molecule has 0 spiro atoms. The Bertz CT molecular complexity index is 1020. The molecule has 0 aliphatic carbocycles. The molecule has 0 saturated carbocycles. The summed E-state index contributed by atoms with van der Waals surface area (Å²) in [5, 5.41) is 2.77. The van der Waals surface area contributed by atoms with Crippen molar-refractivity contribution in [1.82, 2.24) is 4.98 Å². The molecule has 0 aliphatic heterocycles. The van der Waals surface area contributed by atoms with Crippen molar-refractivity contribution in [3.8, 4) is 11.5 Å². The van der Waals surface area contributed by atoms with Crippen LogP contribution in [0.2, 0.25) is 0 Å². The Morgan fingerprint density at radius 3 is 2.34 bits per heavy atom. The fourth-order valence-electron chi connectivity index (χ4n) is 2.75. The first-order chi connectivity index (χ1) is 14.0. The van der Waals surface area contributed by atoms with Gasteiger partial charge in [-0.2, -0.15) is 0 Å². The van der Waals surface area contributed by atoms with Gasteiger partial charge in [0.2, 0.25) is 0 Å². The molecule has 1 N–H and O–H groups in total. The standard InChI is InChI=1S/C22H21N3O4/c1-25(17-7-5-4-6-8-17)22(27)16-11-15(13-23-14-16)21(26)24-19-12-18(28-2)9-10-20(19)29-3/h4-14H,1-3H3,(H,24,26). The number of carbonyl (C=O) groups excluding carboxylic acids is 2. The molecule has 0 atom stereocenters. The summed E-state index contributed by atoms with van der Waals surface area (Å²) in [5.74, 6) is 0.383. The molecule has 3 rings (SSSR count). The van der Waals surface area contributed by atoms with Gasteiger partial charge in [-0.25, -0.2) is 0 Å². The van der Waals surface area contributed by atoms with Crippen LogP contribution >= 0.6 is 0 Å². The van der Waals surface area contributed by atoms with Crippen molar-refractivity contribution in [1.29, 1.82) is 0 Å². The zero-order chi connectivity index (χ0) is 20.8. The van der Waals surface area contributed by atoms with Crippen LogP contribution in [0.15, 0.2) is 67.0 Å². The summed E-state index contributed by atoms with van der Waals surface area (Å²) < 4.78 is 10.5. The Balaban J connectivity index is 1.82. The SMILES string of the molecule is COc1ccc(OC)c(NC(=O)c2cncc(C(=O)N(C)c3ccccc3)c2)c1. The van der Waals surface area contributed by atoms with Gasteiger partial charge in [0.15, 0.2) is 0 Å². The number of nitrogens with one attached hydrogen (secondary N) is 1. The zero-order valence-electron chi connectivity index (χ0n) is 16.4. The molecule has 29 heavy (non-hydrogen) atoms. The number of hydrogen-bond acceptors (Lipinski definition) is 5. The normalized spacial score (nSPS) is 10.2. The van der Waals surface area contributed by atoms with E-state index in [-0.39, 0.29) is 11.5 Å². The first kappa shape index (κ1) is 19.9. The maximum atomic E-state index is 12.8. The van der Waals surface area contributed by atoms with Gasteiger partial charge in [-0.15, -0.1) is 0 Å². The summed E-state index contributed by atoms with van der Waals surface area (Å²) in [4.78, 5) is 31.1. The molecule has 0 bridgehead atoms. The van der Waals surface area contributed by atoms with E-state index in [0.29, 0.717) is 22.7 Å². The van der Waals surface area contributed by atoms with Gasteiger partial charge in [-0.05, 0) is 30.3 Å². The van der Waals surface area contributed by atoms with Gasteiger partial charge in [0, 0.05) is 31.2 Å². The fourth-order valence-corrected chi connectivity index (χ4v) is 2.75. The van der Waals surface area contributed by atoms with Gasteiger partial charge in [-0.3, -0.25) is 14.6 Å². The Kier molecular flexibility index (Phi) is 6.09. The van der Waals surface area contributed by atoms with Crippen molar-refractivity contribution in [2.45, 2.75) is 0 Å². The lowest BCUT2D eigenvalue weighted by Gasteiger charge is -2.17. The second kappa shape index (κ2) is 8.88. The molecule has 2 amide bonds. The highest BCUT2D eigenvalue weighted by Gasteiger charge is 2.17. The molecule has 0 fully saturated rings. The highest BCUT2D eigenvalue weighted by Crippen LogP contribution is 2.29. The van der Waals surface area contributed by atoms with Gasteiger partial charge in [-0.1, -0.05) is 18.2 Å². The lowest BCUT2D eigenvalue weighted by Crippen LogP contribution is -2.26. The average molecular weight is 391 g/mol. The summed E-state index contributed by atoms with van der Waals surface area (Å²) in [6.07, 6.45) is 2.84. The summed E-state index contributed by atoms with van der Waals surface area (Å²) in [6, 6.07) is 15.8. The van der Waals surface area contributed by atoms with Crippen LogP contribution in [0.3, 0.4) is 0 Å². The summed E-state index contributed by atoms with van der Waals surface area (Å²) in [7, 11) is 4.72. The van der Waals surface area contributed by atoms with E-state index in [9.17, 15) is 9.59 Å². The molecule has 2 aromatic carbocycles. The number of methoxy groups -OCH3 is 2. The lowest BCUT2D eigenvalue weighted by molar-refractivity contribution is 0.0992. The second-order valence-electron chi connectivity index (χ2n) is 6.18. The smallest absolute Gasteiger partial charge is 0.259 e. The number of rotatable bonds is 6. The van der Waals surface area contributed by atoms with Gasteiger partial charge >= 0.3 is 0 Å². The molecule has 1 heterocycles. The lowest BCUT2D eigenvalue weighted by atomic mass is 10.1. The number of amides is 2. The summed E-state index contributed by atoms with van der Waals surface area (Å²) >= 11 is 0. The highest BCUT2D eigenvalue weighted by atomic mass is 16.5. The van der Waals surface area contributed by atoms with Crippen LogP contribution in [0.4, 0.5) is 11.4 Å². The maximum absolute atomic E-state index is 12.8. The molecule has 7 nitrogen and oxygen atoms in total. The predicted molar refractivity (Wildman–Crippen MR) is 111 cm³/mol. The van der Waals surface area contributed by atoms with Gasteiger partial charge in [0.05, 0.1) is 31.0 Å². The van der Waals surface area contributed by atoms with Crippen molar-refractivity contribution in [3.05, 3.63) is 78.1 Å². The molecule has 148 valence electrons. The first-order valence-electron chi connectivity index (χ1n) is 8.85. The van der Waals surface area contributed by atoms with Crippen LogP contribution in [0, 0.1) is 0 Å². The fraction of sp³-hybridized carbons (Fsp3) is 0.136. The molecule has 1 aromatic heterocycles. The van der Waals surface area contributed by atoms with Crippen LogP contribution < -0.4 is 19.7 Å². The number of anilines is 2. The third-order valence-electron chi connectivity index (χ3n) is 4.35. The van der Waals surface area contributed by atoms with E-state index in [1.165, 1.54) is 37.6 Å². The van der Waals surface area contributed by atoms with Crippen molar-refractivity contribution < 1.29 is 19.1 Å². The van der Waals surface area contributed by atoms with E-state index < -0.39 is 5.91 Å². The van der Waals surface area contributed by atoms with Crippen LogP contribution in [0.5, 0.6) is 11.5 Å². The van der Waals surface area contributed by atoms with Crippen LogP contribution in [-0.4, -0.2) is 38.1 Å². The van der Waals surface area contributed by atoms with E-state index >= 15 is 0 Å². The number of aromatic nitrogens is 1. The monoisotopic (exact) mass is 391 g/mol. The van der Waals surface area contributed by atoms with Crippen molar-refractivity contribution in [3.63, 3.8) is 0 Å². The third-order valence-corrected chi connectivity index (χ3v) is 4.35. The molecule has 3 aromatic rings. The maximum Gasteiger partial charge on any atom is 0.259 e. The number of carbonyl (C=O) groups is 2. The largest absolute Gasteiger partial charge is 0.497 e. The average Bonchev–Trinajstić information content (AvgIpc) is 2.78. The number of nitrogens with zero attached hydrogens (tertiary/aromatic N) is 2. The van der Waals surface area contributed by atoms with E-state index in [4.69, 9.17) is 9.47 Å². The quantitative estimate of drug-likeness (QED) is 0.694. The van der Waals surface area contributed by atoms with Gasteiger partial charge in [0.25, 0.3) is 11.8 Å². The predicted octanol–water partition coefficient (Wildman–Crippen LogP) is 3.63. The molecule has 0 saturated heterocycles. The Morgan fingerprint density at radius 1 is 0.931 bits per heavy atom. The minimum Gasteiger partial charge on any atom is -0.497 e. The van der Waals surface area contributed by atoms with Gasteiger partial charge < -0.3 is 19.7 Å². The van der Waals surface area contributed by atoms with E-state index in [1.807, 2.05) is 30.3 Å². The molecule has 0 aliphatic rings. The Hall–Kier alpha value is -3.87. The van der Waals surface area contributed by atoms with E-state index in [1.54, 1.807) is 25.2 Å². The third kappa shape index (κ3) is 4.52. The number of pyridine rings is 1. The first-order valence-corrected chi connectivity index (χ1v) is 8.85. The van der Waals surface area contributed by atoms with Crippen molar-refractivity contribution >= 4 is 23.2 Å². The highest BCUT2D eigenvalue weighted by molar-refractivity contribution is 6.09. The zero-order valence-corrected chi connectivity index (χ0v) is 16.4. The topological polar surface area (TPSA) is 80.8 Å². The molecule has 0 unspecified atom stereocenters. The molecule has 0 radical (unpaired) electrons. The van der Waals surface area contributed by atoms with E-state index in [0.717, 1.165) is 5.69 Å². The van der Waals surface area contributed by atoms with Crippen LogP contribution in [0.25, 0.3) is 0 Å². The Morgan fingerprint density at radius 2 is 1.66 bits per heavy atom. The summed E-state index contributed by atoms with van der Waals surface area (Å²) in [6.45, 7) is 0. The number of hydrogen-bond donors (Lipinski definition) is 1. The van der Waals surface area contributed by atoms with E-state index in [2.05, 4.69) is 10.3 Å². The van der Waals surface area contributed by atoms with Crippen molar-refractivity contribution in [2.24, 2.45) is 0 Å². The second-order valence-corrected chi connectivity index (χ2v) is 6.18. The Labute approximate surface area is 168 Å². The van der Waals surface area contributed by atoms with Crippen LogP contribution in [0.1, 0.15) is 20.7 Å². The van der Waals surface area contributed by atoms with Crippen LogP contribution in [-0.2, 0) is 0 Å². The minimum absolute atomic E-state index is 0.252. The van der Waals surface area contributed by atoms with Crippen molar-refractivity contribution in [2.75, 3.05) is 31.5 Å². The molecule has 7 heteroatoms. The number of ether oxygens (including phenoxy) is 2. The molecular weight excluding hydrogens is 370 g/mol. The summed E-state index contributed by atoms with van der Waals surface area (Å²) in [5.41, 5.74) is 1.76. The van der Waals surface area contributed by atoms with Gasteiger partial charge in [0.1, 0.15) is 11.5 Å². The number of para-hydroxylation sites is 1. The molecular formula is C22H21N3O4.